The van der Waals surface area contributed by atoms with Crippen LogP contribution in [-0.2, 0) is 22.4 Å². The lowest BCUT2D eigenvalue weighted by molar-refractivity contribution is -0.118. The molecule has 2 amide bonds. The Balaban J connectivity index is 0.000000260. The topological polar surface area (TPSA) is 84.0 Å². The van der Waals surface area contributed by atoms with Gasteiger partial charge in [0.25, 0.3) is 0 Å². The fraction of sp³-hybridized carbons (Fsp3) is 0.100. The summed E-state index contributed by atoms with van der Waals surface area (Å²) in [7, 11) is 0. The van der Waals surface area contributed by atoms with Crippen molar-refractivity contribution in [2.24, 2.45) is 0 Å². The summed E-state index contributed by atoms with van der Waals surface area (Å²) in [5.74, 6) is 0.465. The van der Waals surface area contributed by atoms with Gasteiger partial charge >= 0.3 is 0 Å². The standard InChI is InChI=1S/2C20H17BrN2O.2ClH/c2*21-17-11-12-19(22-14-17)23-20(24)18(16-9-5-2-6-10-16)13-15-7-3-1-4-8-15;;/h2*1-12,14,18H,13H2,(H,22,23,24);2*1H. The molecule has 10 heteroatoms. The number of halogens is 4. The van der Waals surface area contributed by atoms with E-state index in [1.165, 1.54) is 0 Å². The highest BCUT2D eigenvalue weighted by molar-refractivity contribution is 9.10. The lowest BCUT2D eigenvalue weighted by Crippen LogP contribution is -2.23. The van der Waals surface area contributed by atoms with Crippen molar-refractivity contribution in [1.29, 1.82) is 0 Å². The third-order valence-electron chi connectivity index (χ3n) is 7.56. The summed E-state index contributed by atoms with van der Waals surface area (Å²) in [5.41, 5.74) is 4.25. The van der Waals surface area contributed by atoms with Crippen LogP contribution in [0.15, 0.2) is 167 Å². The van der Waals surface area contributed by atoms with Gasteiger partial charge in [-0.3, -0.25) is 9.59 Å². The third-order valence-corrected chi connectivity index (χ3v) is 8.50. The molecule has 0 saturated carbocycles. The van der Waals surface area contributed by atoms with E-state index in [1.807, 2.05) is 133 Å². The zero-order valence-corrected chi connectivity index (χ0v) is 31.7. The number of hydrogen-bond acceptors (Lipinski definition) is 4. The normalized spacial score (nSPS) is 11.2. The largest absolute Gasteiger partial charge is 0.310 e. The van der Waals surface area contributed by atoms with Gasteiger partial charge < -0.3 is 10.6 Å². The molecule has 50 heavy (non-hydrogen) atoms. The summed E-state index contributed by atoms with van der Waals surface area (Å²) >= 11 is 6.69. The van der Waals surface area contributed by atoms with Crippen molar-refractivity contribution in [3.8, 4) is 0 Å². The van der Waals surface area contributed by atoms with Gasteiger partial charge in [-0.2, -0.15) is 0 Å². The van der Waals surface area contributed by atoms with Crippen molar-refractivity contribution >= 4 is 80.1 Å². The quantitative estimate of drug-likeness (QED) is 0.144. The number of aromatic nitrogens is 2. The van der Waals surface area contributed by atoms with Crippen LogP contribution in [0.25, 0.3) is 0 Å². The van der Waals surface area contributed by atoms with Crippen molar-refractivity contribution in [3.63, 3.8) is 0 Å². The molecular formula is C40H36Br2Cl2N4O2. The number of hydrogen-bond donors (Lipinski definition) is 2. The Morgan fingerprint density at radius 2 is 0.800 bits per heavy atom. The van der Waals surface area contributed by atoms with Crippen LogP contribution in [0.2, 0.25) is 0 Å². The molecule has 0 spiro atoms. The zero-order chi connectivity index (χ0) is 33.6. The monoisotopic (exact) mass is 832 g/mol. The van der Waals surface area contributed by atoms with E-state index in [1.54, 1.807) is 24.5 Å². The number of nitrogens with one attached hydrogen (secondary N) is 2. The van der Waals surface area contributed by atoms with Crippen molar-refractivity contribution in [3.05, 3.63) is 189 Å². The van der Waals surface area contributed by atoms with E-state index in [-0.39, 0.29) is 48.5 Å². The van der Waals surface area contributed by atoms with Crippen LogP contribution in [-0.4, -0.2) is 21.8 Å². The molecule has 6 aromatic rings. The van der Waals surface area contributed by atoms with E-state index >= 15 is 0 Å². The maximum absolute atomic E-state index is 12.8. The first-order chi connectivity index (χ1) is 23.4. The second-order valence-corrected chi connectivity index (χ2v) is 12.8. The Morgan fingerprint density at radius 3 is 1.10 bits per heavy atom. The summed E-state index contributed by atoms with van der Waals surface area (Å²) in [6, 6.07) is 47.1. The maximum atomic E-state index is 12.8. The molecule has 2 aromatic heterocycles. The number of benzene rings is 4. The molecule has 2 atom stereocenters. The Kier molecular flexibility index (Phi) is 16.8. The highest BCUT2D eigenvalue weighted by Gasteiger charge is 2.22. The van der Waals surface area contributed by atoms with Crippen LogP contribution in [0.1, 0.15) is 34.1 Å². The zero-order valence-electron chi connectivity index (χ0n) is 26.9. The SMILES string of the molecule is Cl.Cl.O=C(Nc1ccc(Br)cn1)C(Cc1ccccc1)c1ccccc1.O=C(Nc1ccc(Br)cn1)C(Cc1ccccc1)c1ccccc1. The number of rotatable bonds is 10. The summed E-state index contributed by atoms with van der Waals surface area (Å²) in [6.07, 6.45) is 4.63. The summed E-state index contributed by atoms with van der Waals surface area (Å²) < 4.78 is 1.76. The summed E-state index contributed by atoms with van der Waals surface area (Å²) in [5, 5.41) is 5.83. The third kappa shape index (κ3) is 12.5. The molecule has 6 nitrogen and oxygen atoms in total. The predicted octanol–water partition coefficient (Wildman–Crippen LogP) is 10.5. The van der Waals surface area contributed by atoms with Crippen molar-refractivity contribution in [2.75, 3.05) is 10.6 Å². The van der Waals surface area contributed by atoms with E-state index in [0.29, 0.717) is 24.5 Å². The average molecular weight is 835 g/mol. The molecule has 0 fully saturated rings. The minimum Gasteiger partial charge on any atom is -0.310 e. The Morgan fingerprint density at radius 1 is 0.480 bits per heavy atom. The molecule has 0 aliphatic heterocycles. The van der Waals surface area contributed by atoms with Gasteiger partial charge in [-0.1, -0.05) is 121 Å². The number of nitrogens with zero attached hydrogens (tertiary/aromatic N) is 2. The Bertz CT molecular complexity index is 1730. The van der Waals surface area contributed by atoms with Gasteiger partial charge in [0.1, 0.15) is 11.6 Å². The number of anilines is 2. The first kappa shape index (κ1) is 40.1. The molecule has 6 rings (SSSR count). The van der Waals surface area contributed by atoms with Gasteiger partial charge in [-0.05, 0) is 91.2 Å². The van der Waals surface area contributed by atoms with Crippen LogP contribution < -0.4 is 10.6 Å². The minimum atomic E-state index is -0.265. The molecule has 2 unspecified atom stereocenters. The summed E-state index contributed by atoms with van der Waals surface area (Å²) in [4.78, 5) is 34.1. The summed E-state index contributed by atoms with van der Waals surface area (Å²) in [6.45, 7) is 0. The first-order valence-electron chi connectivity index (χ1n) is 15.5. The van der Waals surface area contributed by atoms with E-state index in [2.05, 4.69) is 52.5 Å². The predicted molar refractivity (Wildman–Crippen MR) is 214 cm³/mol. The molecule has 4 aromatic carbocycles. The van der Waals surface area contributed by atoms with Gasteiger partial charge in [0.05, 0.1) is 11.8 Å². The van der Waals surface area contributed by atoms with Crippen LogP contribution >= 0.6 is 56.7 Å². The minimum absolute atomic E-state index is 0. The molecular weight excluding hydrogens is 799 g/mol. The second kappa shape index (κ2) is 21.0. The van der Waals surface area contributed by atoms with E-state index in [0.717, 1.165) is 31.2 Å². The van der Waals surface area contributed by atoms with Crippen molar-refractivity contribution < 1.29 is 9.59 Å². The average Bonchev–Trinajstić information content (AvgIpc) is 3.13. The molecule has 256 valence electrons. The molecule has 0 radical (unpaired) electrons. The van der Waals surface area contributed by atoms with E-state index < -0.39 is 0 Å². The van der Waals surface area contributed by atoms with E-state index in [4.69, 9.17) is 0 Å². The number of carbonyl (C=O) groups is 2. The van der Waals surface area contributed by atoms with Crippen LogP contribution in [0.3, 0.4) is 0 Å². The molecule has 2 N–H and O–H groups in total. The fourth-order valence-electron chi connectivity index (χ4n) is 5.12. The lowest BCUT2D eigenvalue weighted by Gasteiger charge is -2.17. The molecule has 0 aliphatic carbocycles. The van der Waals surface area contributed by atoms with Crippen LogP contribution in [0.5, 0.6) is 0 Å². The number of carbonyl (C=O) groups excluding carboxylic acids is 2. The smallest absolute Gasteiger partial charge is 0.233 e. The van der Waals surface area contributed by atoms with Gasteiger partial charge in [0.2, 0.25) is 11.8 Å². The van der Waals surface area contributed by atoms with Gasteiger partial charge in [-0.25, -0.2) is 9.97 Å². The lowest BCUT2D eigenvalue weighted by atomic mass is 9.91. The first-order valence-corrected chi connectivity index (χ1v) is 17.1. The highest BCUT2D eigenvalue weighted by atomic mass is 79.9. The van der Waals surface area contributed by atoms with Gasteiger partial charge in [0, 0.05) is 21.3 Å². The molecule has 2 heterocycles. The fourth-order valence-corrected chi connectivity index (χ4v) is 5.59. The maximum Gasteiger partial charge on any atom is 0.233 e. The molecule has 0 aliphatic rings. The van der Waals surface area contributed by atoms with Crippen LogP contribution in [0, 0.1) is 0 Å². The number of pyridine rings is 2. The molecule has 0 saturated heterocycles. The highest BCUT2D eigenvalue weighted by Crippen LogP contribution is 2.24. The van der Waals surface area contributed by atoms with Gasteiger partial charge in [0.15, 0.2) is 0 Å². The Labute approximate surface area is 322 Å². The Hall–Kier alpha value is -4.34. The molecule has 0 bridgehead atoms. The number of amides is 2. The van der Waals surface area contributed by atoms with Crippen LogP contribution in [0.4, 0.5) is 11.6 Å². The van der Waals surface area contributed by atoms with Gasteiger partial charge in [-0.15, -0.1) is 24.8 Å². The van der Waals surface area contributed by atoms with Crippen molar-refractivity contribution in [1.82, 2.24) is 9.97 Å². The second-order valence-electron chi connectivity index (χ2n) is 11.0. The van der Waals surface area contributed by atoms with Crippen molar-refractivity contribution in [2.45, 2.75) is 24.7 Å². The van der Waals surface area contributed by atoms with E-state index in [9.17, 15) is 9.59 Å².